The largest absolute Gasteiger partial charge is 0.416 e. The molecule has 0 N–H and O–H groups in total. The molecular formula is C15H19F3N2O4S2. The lowest BCUT2D eigenvalue weighted by Crippen LogP contribution is -2.52. The molecule has 2 saturated heterocycles. The van der Waals surface area contributed by atoms with Crippen molar-refractivity contribution < 1.29 is 30.0 Å². The minimum absolute atomic E-state index is 0.0871. The number of rotatable bonds is 3. The number of hydrogen-bond donors (Lipinski definition) is 0. The Hall–Kier alpha value is -1.17. The lowest BCUT2D eigenvalue weighted by Gasteiger charge is -2.36. The fourth-order valence-electron chi connectivity index (χ4n) is 3.34. The molecule has 0 amide bonds. The van der Waals surface area contributed by atoms with Gasteiger partial charge in [0.1, 0.15) is 0 Å². The van der Waals surface area contributed by atoms with Gasteiger partial charge in [-0.1, -0.05) is 0 Å². The summed E-state index contributed by atoms with van der Waals surface area (Å²) in [5.41, 5.74) is -0.899. The van der Waals surface area contributed by atoms with Crippen LogP contribution in [-0.2, 0) is 26.0 Å². The zero-order valence-electron chi connectivity index (χ0n) is 13.8. The monoisotopic (exact) mass is 412 g/mol. The van der Waals surface area contributed by atoms with Crippen LogP contribution in [-0.4, -0.2) is 69.8 Å². The van der Waals surface area contributed by atoms with Gasteiger partial charge < -0.3 is 0 Å². The molecule has 11 heteroatoms. The lowest BCUT2D eigenvalue weighted by molar-refractivity contribution is -0.137. The molecule has 0 aromatic heterocycles. The Morgan fingerprint density at radius 2 is 1.58 bits per heavy atom. The Morgan fingerprint density at radius 3 is 2.04 bits per heavy atom. The number of piperazine rings is 1. The maximum absolute atomic E-state index is 12.6. The predicted octanol–water partition coefficient (Wildman–Crippen LogP) is 1.20. The third-order valence-electron chi connectivity index (χ3n) is 4.82. The number of halogens is 3. The summed E-state index contributed by atoms with van der Waals surface area (Å²) in [5.74, 6) is 0.250. The van der Waals surface area contributed by atoms with Gasteiger partial charge in [-0.05, 0) is 30.7 Å². The Bertz CT molecular complexity index is 859. The highest BCUT2D eigenvalue weighted by atomic mass is 32.2. The highest BCUT2D eigenvalue weighted by molar-refractivity contribution is 7.91. The first kappa shape index (κ1) is 19.6. The maximum atomic E-state index is 12.6. The predicted molar refractivity (Wildman–Crippen MR) is 88.8 cm³/mol. The van der Waals surface area contributed by atoms with Crippen molar-refractivity contribution in [2.24, 2.45) is 0 Å². The second kappa shape index (κ2) is 6.77. The highest BCUT2D eigenvalue weighted by Gasteiger charge is 2.36. The van der Waals surface area contributed by atoms with E-state index in [0.717, 1.165) is 24.3 Å². The van der Waals surface area contributed by atoms with Crippen LogP contribution >= 0.6 is 0 Å². The molecule has 2 heterocycles. The average Bonchev–Trinajstić information content (AvgIpc) is 2.94. The number of benzene rings is 1. The van der Waals surface area contributed by atoms with Crippen molar-refractivity contribution in [3.8, 4) is 0 Å². The van der Waals surface area contributed by atoms with E-state index in [1.807, 2.05) is 4.90 Å². The standard InChI is InChI=1S/C15H19F3N2O4S2/c16-15(17,18)12-1-3-14(4-2-12)26(23,24)20-8-6-19(7-9-20)13-5-10-25(21,22)11-13/h1-4,13H,5-11H2/t13-/m1/s1. The van der Waals surface area contributed by atoms with Gasteiger partial charge in [0.25, 0.3) is 0 Å². The quantitative estimate of drug-likeness (QED) is 0.746. The summed E-state index contributed by atoms with van der Waals surface area (Å²) in [6, 6.07) is 3.36. The molecule has 0 saturated carbocycles. The second-order valence-electron chi connectivity index (χ2n) is 6.52. The van der Waals surface area contributed by atoms with Crippen LogP contribution in [0.25, 0.3) is 0 Å². The summed E-state index contributed by atoms with van der Waals surface area (Å²) >= 11 is 0. The van der Waals surface area contributed by atoms with Gasteiger partial charge in [-0.25, -0.2) is 16.8 Å². The van der Waals surface area contributed by atoms with Crippen LogP contribution in [0.15, 0.2) is 29.2 Å². The molecule has 0 unspecified atom stereocenters. The molecule has 146 valence electrons. The number of sulfone groups is 1. The van der Waals surface area contributed by atoms with Gasteiger partial charge in [-0.3, -0.25) is 4.90 Å². The molecular weight excluding hydrogens is 393 g/mol. The van der Waals surface area contributed by atoms with Gasteiger partial charge in [0.05, 0.1) is 22.0 Å². The van der Waals surface area contributed by atoms with Crippen molar-refractivity contribution in [1.82, 2.24) is 9.21 Å². The van der Waals surface area contributed by atoms with Crippen LogP contribution in [0.3, 0.4) is 0 Å². The maximum Gasteiger partial charge on any atom is 0.416 e. The van der Waals surface area contributed by atoms with E-state index < -0.39 is 31.6 Å². The molecule has 1 aromatic rings. The Morgan fingerprint density at radius 1 is 1.00 bits per heavy atom. The molecule has 0 bridgehead atoms. The highest BCUT2D eigenvalue weighted by Crippen LogP contribution is 2.30. The Balaban J connectivity index is 1.66. The molecule has 1 aromatic carbocycles. The Labute approximate surface area is 150 Å². The van der Waals surface area contributed by atoms with Gasteiger partial charge in [-0.2, -0.15) is 17.5 Å². The zero-order valence-corrected chi connectivity index (χ0v) is 15.4. The van der Waals surface area contributed by atoms with Crippen LogP contribution in [0.5, 0.6) is 0 Å². The second-order valence-corrected chi connectivity index (χ2v) is 10.7. The molecule has 1 atom stereocenters. The SMILES string of the molecule is O=S1(=O)CC[C@@H](N2CCN(S(=O)(=O)c3ccc(C(F)(F)F)cc3)CC2)C1. The van der Waals surface area contributed by atoms with E-state index in [4.69, 9.17) is 0 Å². The summed E-state index contributed by atoms with van der Waals surface area (Å²) < 4.78 is 87.4. The summed E-state index contributed by atoms with van der Waals surface area (Å²) in [7, 11) is -6.88. The van der Waals surface area contributed by atoms with E-state index in [1.165, 1.54) is 4.31 Å². The van der Waals surface area contributed by atoms with Gasteiger partial charge >= 0.3 is 6.18 Å². The van der Waals surface area contributed by atoms with E-state index in [9.17, 15) is 30.0 Å². The van der Waals surface area contributed by atoms with E-state index in [-0.39, 0.29) is 35.5 Å². The van der Waals surface area contributed by atoms with Crippen LogP contribution in [0, 0.1) is 0 Å². The zero-order chi connectivity index (χ0) is 19.2. The van der Waals surface area contributed by atoms with Crippen molar-refractivity contribution in [1.29, 1.82) is 0 Å². The molecule has 0 aliphatic carbocycles. The van der Waals surface area contributed by atoms with E-state index in [1.54, 1.807) is 0 Å². The van der Waals surface area contributed by atoms with Gasteiger partial charge in [0.15, 0.2) is 9.84 Å². The number of nitrogens with zero attached hydrogens (tertiary/aromatic N) is 2. The minimum Gasteiger partial charge on any atom is -0.297 e. The van der Waals surface area contributed by atoms with Crippen molar-refractivity contribution in [3.05, 3.63) is 29.8 Å². The summed E-state index contributed by atoms with van der Waals surface area (Å²) in [6.07, 6.45) is -3.97. The Kier molecular flexibility index (Phi) is 5.10. The summed E-state index contributed by atoms with van der Waals surface area (Å²) in [6.45, 7) is 1.17. The fourth-order valence-corrected chi connectivity index (χ4v) is 6.52. The van der Waals surface area contributed by atoms with Gasteiger partial charge in [-0.15, -0.1) is 0 Å². The molecule has 2 aliphatic rings. The van der Waals surface area contributed by atoms with Crippen LogP contribution in [0.4, 0.5) is 13.2 Å². The average molecular weight is 412 g/mol. The van der Waals surface area contributed by atoms with Gasteiger partial charge in [0.2, 0.25) is 10.0 Å². The van der Waals surface area contributed by atoms with Crippen LogP contribution in [0.2, 0.25) is 0 Å². The summed E-state index contributed by atoms with van der Waals surface area (Å²) in [4.78, 5) is 1.80. The van der Waals surface area contributed by atoms with Crippen molar-refractivity contribution >= 4 is 19.9 Å². The smallest absolute Gasteiger partial charge is 0.297 e. The molecule has 26 heavy (non-hydrogen) atoms. The molecule has 2 aliphatic heterocycles. The summed E-state index contributed by atoms with van der Waals surface area (Å²) in [5, 5.41) is 0. The lowest BCUT2D eigenvalue weighted by atomic mass is 10.2. The number of alkyl halides is 3. The van der Waals surface area contributed by atoms with Crippen LogP contribution in [0.1, 0.15) is 12.0 Å². The first-order valence-corrected chi connectivity index (χ1v) is 11.4. The molecule has 2 fully saturated rings. The first-order valence-electron chi connectivity index (χ1n) is 8.11. The normalized spacial score (nSPS) is 25.4. The van der Waals surface area contributed by atoms with E-state index in [0.29, 0.717) is 19.5 Å². The first-order chi connectivity index (χ1) is 12.0. The third-order valence-corrected chi connectivity index (χ3v) is 8.48. The van der Waals surface area contributed by atoms with Crippen LogP contribution < -0.4 is 0 Å². The van der Waals surface area contributed by atoms with Crippen molar-refractivity contribution in [2.75, 3.05) is 37.7 Å². The van der Waals surface area contributed by atoms with Gasteiger partial charge in [0, 0.05) is 32.2 Å². The minimum atomic E-state index is -4.52. The molecule has 3 rings (SSSR count). The van der Waals surface area contributed by atoms with E-state index in [2.05, 4.69) is 0 Å². The van der Waals surface area contributed by atoms with Crippen molar-refractivity contribution in [3.63, 3.8) is 0 Å². The van der Waals surface area contributed by atoms with E-state index >= 15 is 0 Å². The third kappa shape index (κ3) is 4.05. The molecule has 6 nitrogen and oxygen atoms in total. The number of sulfonamides is 1. The fraction of sp³-hybridized carbons (Fsp3) is 0.600. The molecule has 0 radical (unpaired) electrons. The topological polar surface area (TPSA) is 74.8 Å². The number of hydrogen-bond acceptors (Lipinski definition) is 5. The molecule has 0 spiro atoms. The van der Waals surface area contributed by atoms with Crippen molar-refractivity contribution in [2.45, 2.75) is 23.5 Å².